The number of hydrogen-bond donors (Lipinski definition) is 0. The van der Waals surface area contributed by atoms with E-state index in [4.69, 9.17) is 9.47 Å². The lowest BCUT2D eigenvalue weighted by Crippen LogP contribution is -2.23. The number of alkyl halides is 2. The summed E-state index contributed by atoms with van der Waals surface area (Å²) in [6.07, 6.45) is 3.06. The van der Waals surface area contributed by atoms with Crippen molar-refractivity contribution in [2.45, 2.75) is 45.6 Å². The molecule has 0 aliphatic carbocycles. The van der Waals surface area contributed by atoms with Gasteiger partial charge in [0.25, 0.3) is 0 Å². The Labute approximate surface area is 262 Å². The van der Waals surface area contributed by atoms with Crippen LogP contribution in [0.4, 0.5) is 26.3 Å². The van der Waals surface area contributed by atoms with E-state index in [0.717, 1.165) is 67.6 Å². The fraction of sp³-hybridized carbons (Fsp3) is 0.222. The largest absolute Gasteiger partial charge is 0.491 e. The Bertz CT molecular complexity index is 1830. The van der Waals surface area contributed by atoms with Gasteiger partial charge in [0.1, 0.15) is 23.2 Å². The number of aryl methyl sites for hydroxylation is 1. The van der Waals surface area contributed by atoms with E-state index < -0.39 is 40.7 Å². The number of hydrogen-bond acceptors (Lipinski definition) is 4. The fourth-order valence-corrected chi connectivity index (χ4v) is 4.96. The van der Waals surface area contributed by atoms with E-state index in [1.54, 1.807) is 19.3 Å². The Balaban J connectivity index is 1.30. The van der Waals surface area contributed by atoms with Gasteiger partial charge in [-0.05, 0) is 78.9 Å². The number of halogens is 6. The molecule has 1 aromatic heterocycles. The zero-order chi connectivity index (χ0) is 32.8. The van der Waals surface area contributed by atoms with Crippen LogP contribution in [0.2, 0.25) is 0 Å². The third-order valence-electron chi connectivity index (χ3n) is 7.32. The average Bonchev–Trinajstić information content (AvgIpc) is 3.02. The minimum atomic E-state index is -4.15. The van der Waals surface area contributed by atoms with Crippen LogP contribution in [-0.2, 0) is 12.5 Å². The van der Waals surface area contributed by atoms with Crippen LogP contribution in [0.5, 0.6) is 11.5 Å². The zero-order valence-electron chi connectivity index (χ0n) is 25.1. The number of aromatic nitrogens is 2. The van der Waals surface area contributed by atoms with Crippen molar-refractivity contribution in [3.63, 3.8) is 0 Å². The van der Waals surface area contributed by atoms with Gasteiger partial charge in [0.2, 0.25) is 0 Å². The summed E-state index contributed by atoms with van der Waals surface area (Å²) in [5.74, 6) is -3.99. The minimum Gasteiger partial charge on any atom is -0.491 e. The molecule has 0 aliphatic heterocycles. The predicted octanol–water partition coefficient (Wildman–Crippen LogP) is 10.3. The van der Waals surface area contributed by atoms with Gasteiger partial charge in [-0.3, -0.25) is 0 Å². The maximum atomic E-state index is 15.1. The van der Waals surface area contributed by atoms with E-state index in [0.29, 0.717) is 6.07 Å². The quantitative estimate of drug-likeness (QED) is 0.101. The molecule has 0 atom stereocenters. The Kier molecular flexibility index (Phi) is 9.94. The van der Waals surface area contributed by atoms with Gasteiger partial charge in [-0.25, -0.2) is 27.5 Å². The highest BCUT2D eigenvalue weighted by Gasteiger charge is 2.38. The van der Waals surface area contributed by atoms with Crippen molar-refractivity contribution >= 4 is 0 Å². The number of ether oxygens (including phenoxy) is 2. The molecule has 0 radical (unpaired) electrons. The summed E-state index contributed by atoms with van der Waals surface area (Å²) in [6.45, 7) is 4.07. The van der Waals surface area contributed by atoms with Crippen molar-refractivity contribution in [1.29, 1.82) is 0 Å². The van der Waals surface area contributed by atoms with E-state index in [2.05, 4.69) is 16.9 Å². The summed E-state index contributed by atoms with van der Waals surface area (Å²) in [6, 6.07) is 13.8. The lowest BCUT2D eigenvalue weighted by Gasteiger charge is -2.19. The van der Waals surface area contributed by atoms with Crippen molar-refractivity contribution in [1.82, 2.24) is 9.97 Å². The van der Waals surface area contributed by atoms with E-state index in [1.807, 2.05) is 0 Å². The molecule has 4 aromatic carbocycles. The lowest BCUT2D eigenvalue weighted by atomic mass is 9.99. The van der Waals surface area contributed by atoms with Gasteiger partial charge in [-0.1, -0.05) is 44.0 Å². The smallest absolute Gasteiger partial charge is 0.429 e. The van der Waals surface area contributed by atoms with Crippen LogP contribution in [0, 0.1) is 23.3 Å². The van der Waals surface area contributed by atoms with E-state index in [1.165, 1.54) is 30.3 Å². The van der Waals surface area contributed by atoms with E-state index in [-0.39, 0.29) is 46.0 Å². The second kappa shape index (κ2) is 14.1. The number of benzene rings is 4. The first-order valence-electron chi connectivity index (χ1n) is 14.8. The first kappa shape index (κ1) is 32.5. The molecule has 238 valence electrons. The molecule has 1 heterocycles. The Morgan fingerprint density at radius 1 is 0.652 bits per heavy atom. The number of rotatable bonds is 12. The summed E-state index contributed by atoms with van der Waals surface area (Å²) in [7, 11) is 0. The Hall–Kier alpha value is -4.86. The molecule has 0 bridgehead atoms. The molecule has 0 amide bonds. The first-order chi connectivity index (χ1) is 22.1. The molecule has 5 aromatic rings. The van der Waals surface area contributed by atoms with Crippen LogP contribution in [-0.4, -0.2) is 16.6 Å². The third kappa shape index (κ3) is 7.33. The Morgan fingerprint density at radius 2 is 1.26 bits per heavy atom. The standard InChI is InChI=1S/C36H30F6N2O2/c1-3-5-6-7-22-20-43-35(44-21-22)25-9-14-29(32(39)18-25)36(41,42)46-26-11-13-28(31(38)19-26)23-8-12-27(30(37)16-23)24-10-15-34(45-4-2)33(40)17-24/h8-21H,3-7H2,1-2H3. The van der Waals surface area contributed by atoms with Gasteiger partial charge < -0.3 is 9.47 Å². The topological polar surface area (TPSA) is 44.2 Å². The second-order valence-electron chi connectivity index (χ2n) is 10.6. The maximum Gasteiger partial charge on any atom is 0.429 e. The Morgan fingerprint density at radius 3 is 1.87 bits per heavy atom. The highest BCUT2D eigenvalue weighted by atomic mass is 19.3. The molecule has 5 rings (SSSR count). The molecule has 0 saturated heterocycles. The van der Waals surface area contributed by atoms with Gasteiger partial charge in [-0.15, -0.1) is 0 Å². The summed E-state index contributed by atoms with van der Waals surface area (Å²) in [4.78, 5) is 8.46. The highest BCUT2D eigenvalue weighted by molar-refractivity contribution is 5.72. The summed E-state index contributed by atoms with van der Waals surface area (Å²) >= 11 is 0. The SMILES string of the molecule is CCCCCc1cnc(-c2ccc(C(F)(F)Oc3ccc(-c4ccc(-c5ccc(OCC)c(F)c5)c(F)c4)c(F)c3)c(F)c2)nc1. The molecule has 0 saturated carbocycles. The fourth-order valence-electron chi connectivity index (χ4n) is 4.96. The first-order valence-corrected chi connectivity index (χ1v) is 14.8. The van der Waals surface area contributed by atoms with Crippen LogP contribution in [0.25, 0.3) is 33.6 Å². The van der Waals surface area contributed by atoms with Crippen molar-refractivity contribution < 1.29 is 35.8 Å². The molecular weight excluding hydrogens is 606 g/mol. The van der Waals surface area contributed by atoms with Crippen LogP contribution < -0.4 is 9.47 Å². The molecular formula is C36H30F6N2O2. The average molecular weight is 637 g/mol. The molecule has 0 spiro atoms. The van der Waals surface area contributed by atoms with Crippen molar-refractivity contribution in [2.75, 3.05) is 6.61 Å². The molecule has 0 fully saturated rings. The molecule has 0 aliphatic rings. The van der Waals surface area contributed by atoms with Gasteiger partial charge in [-0.2, -0.15) is 8.78 Å². The van der Waals surface area contributed by atoms with Crippen LogP contribution in [0.1, 0.15) is 44.2 Å². The molecule has 46 heavy (non-hydrogen) atoms. The van der Waals surface area contributed by atoms with Crippen LogP contribution in [0.15, 0.2) is 85.2 Å². The van der Waals surface area contributed by atoms with Crippen molar-refractivity contribution in [3.8, 4) is 45.1 Å². The lowest BCUT2D eigenvalue weighted by molar-refractivity contribution is -0.187. The van der Waals surface area contributed by atoms with Crippen LogP contribution >= 0.6 is 0 Å². The number of nitrogens with zero attached hydrogens (tertiary/aromatic N) is 2. The third-order valence-corrected chi connectivity index (χ3v) is 7.32. The normalized spacial score (nSPS) is 11.5. The van der Waals surface area contributed by atoms with E-state index >= 15 is 17.6 Å². The molecule has 0 unspecified atom stereocenters. The second-order valence-corrected chi connectivity index (χ2v) is 10.6. The summed E-state index contributed by atoms with van der Waals surface area (Å²) in [5, 5.41) is 0. The van der Waals surface area contributed by atoms with Crippen LogP contribution in [0.3, 0.4) is 0 Å². The zero-order valence-corrected chi connectivity index (χ0v) is 25.1. The summed E-state index contributed by atoms with van der Waals surface area (Å²) in [5.41, 5.74) is 0.422. The molecule has 4 nitrogen and oxygen atoms in total. The van der Waals surface area contributed by atoms with Gasteiger partial charge >= 0.3 is 6.11 Å². The summed E-state index contributed by atoms with van der Waals surface area (Å²) < 4.78 is 99.3. The monoisotopic (exact) mass is 636 g/mol. The number of unbranched alkanes of at least 4 members (excludes halogenated alkanes) is 2. The highest BCUT2D eigenvalue weighted by Crippen LogP contribution is 2.37. The van der Waals surface area contributed by atoms with Gasteiger partial charge in [0, 0.05) is 35.2 Å². The van der Waals surface area contributed by atoms with E-state index in [9.17, 15) is 8.78 Å². The minimum absolute atomic E-state index is 0.0335. The molecule has 0 N–H and O–H groups in total. The predicted molar refractivity (Wildman–Crippen MR) is 164 cm³/mol. The van der Waals surface area contributed by atoms with Crippen molar-refractivity contribution in [3.05, 3.63) is 120 Å². The van der Waals surface area contributed by atoms with Gasteiger partial charge in [0.15, 0.2) is 17.4 Å². The molecule has 10 heteroatoms. The van der Waals surface area contributed by atoms with Gasteiger partial charge in [0.05, 0.1) is 12.2 Å². The van der Waals surface area contributed by atoms with Crippen molar-refractivity contribution in [2.24, 2.45) is 0 Å². The maximum absolute atomic E-state index is 15.1.